The highest BCUT2D eigenvalue weighted by Crippen LogP contribution is 2.32. The third kappa shape index (κ3) is 2.94. The highest BCUT2D eigenvalue weighted by Gasteiger charge is 2.25. The molecular weight excluding hydrogens is 389 g/mol. The van der Waals surface area contributed by atoms with E-state index >= 15 is 0 Å². The zero-order chi connectivity index (χ0) is 12.5. The van der Waals surface area contributed by atoms with Crippen molar-refractivity contribution < 1.29 is 9.72 Å². The van der Waals surface area contributed by atoms with Gasteiger partial charge in [0.1, 0.15) is 3.74 Å². The summed E-state index contributed by atoms with van der Waals surface area (Å²) in [4.78, 5) is 21.7. The zero-order valence-corrected chi connectivity index (χ0v) is 12.1. The molecule has 0 aliphatic rings. The molecule has 8 heteroatoms. The van der Waals surface area contributed by atoms with Gasteiger partial charge in [0.15, 0.2) is 5.78 Å². The first-order valence-corrected chi connectivity index (χ1v) is 6.39. The maximum atomic E-state index is 11.6. The minimum Gasteiger partial charge on any atom is -0.292 e. The lowest BCUT2D eigenvalue weighted by Gasteiger charge is -2.04. The molecule has 4 nitrogen and oxygen atoms in total. The van der Waals surface area contributed by atoms with E-state index in [2.05, 4.69) is 31.9 Å². The first kappa shape index (κ1) is 13.9. The van der Waals surface area contributed by atoms with E-state index in [0.29, 0.717) is 0 Å². The average molecular weight is 392 g/mol. The number of hydrogen-bond acceptors (Lipinski definition) is 3. The van der Waals surface area contributed by atoms with Crippen LogP contribution in [0.25, 0.3) is 0 Å². The molecule has 0 N–H and O–H groups in total. The summed E-state index contributed by atoms with van der Waals surface area (Å²) in [5, 5.41) is 10.9. The van der Waals surface area contributed by atoms with Crippen LogP contribution in [0.15, 0.2) is 12.1 Å². The molecule has 0 amide bonds. The van der Waals surface area contributed by atoms with Gasteiger partial charge in [-0.25, -0.2) is 0 Å². The summed E-state index contributed by atoms with van der Waals surface area (Å²) in [5.41, 5.74) is -0.471. The Balaban J connectivity index is 3.42. The molecule has 1 rings (SSSR count). The predicted molar refractivity (Wildman–Crippen MR) is 69.1 cm³/mol. The fourth-order valence-electron chi connectivity index (χ4n) is 1.00. The number of carbonyl (C=O) groups is 1. The van der Waals surface area contributed by atoms with Gasteiger partial charge in [-0.3, -0.25) is 14.9 Å². The number of hydrogen-bond donors (Lipinski definition) is 0. The molecule has 0 saturated carbocycles. The zero-order valence-electron chi connectivity index (χ0n) is 7.42. The quantitative estimate of drug-likeness (QED) is 0.336. The summed E-state index contributed by atoms with van der Waals surface area (Å²) in [5.74, 6) is -0.495. The maximum Gasteiger partial charge on any atom is 0.281 e. The lowest BCUT2D eigenvalue weighted by atomic mass is 10.1. The Hall–Kier alpha value is -0.170. The molecular formula is C8H3Br2Cl2NO3. The molecule has 0 aromatic heterocycles. The van der Waals surface area contributed by atoms with Crippen LogP contribution in [-0.2, 0) is 0 Å². The maximum absolute atomic E-state index is 11.6. The minimum atomic E-state index is -0.712. The van der Waals surface area contributed by atoms with Crippen LogP contribution < -0.4 is 0 Å². The first-order chi connectivity index (χ1) is 7.34. The van der Waals surface area contributed by atoms with Gasteiger partial charge >= 0.3 is 0 Å². The van der Waals surface area contributed by atoms with Crippen LogP contribution in [0.5, 0.6) is 0 Å². The number of benzene rings is 1. The number of ketones is 1. The van der Waals surface area contributed by atoms with E-state index in [1.807, 2.05) is 0 Å². The van der Waals surface area contributed by atoms with Crippen molar-refractivity contribution >= 4 is 66.5 Å². The van der Waals surface area contributed by atoms with E-state index in [-0.39, 0.29) is 21.3 Å². The van der Waals surface area contributed by atoms with Gasteiger partial charge in [-0.05, 0) is 6.07 Å². The second-order valence-corrected chi connectivity index (χ2v) is 6.58. The molecule has 0 aliphatic heterocycles. The van der Waals surface area contributed by atoms with Crippen LogP contribution in [0, 0.1) is 10.1 Å². The second kappa shape index (κ2) is 5.44. The second-order valence-electron chi connectivity index (χ2n) is 2.71. The van der Waals surface area contributed by atoms with E-state index in [1.165, 1.54) is 6.07 Å². The molecule has 0 bridgehead atoms. The van der Waals surface area contributed by atoms with Crippen molar-refractivity contribution in [1.29, 1.82) is 0 Å². The van der Waals surface area contributed by atoms with Gasteiger partial charge in [-0.15, -0.1) is 0 Å². The summed E-state index contributed by atoms with van der Waals surface area (Å²) in [6.45, 7) is 0. The fourth-order valence-corrected chi connectivity index (χ4v) is 1.82. The normalized spacial score (nSPS) is 10.6. The summed E-state index contributed by atoms with van der Waals surface area (Å²) in [6.07, 6.45) is 0. The van der Waals surface area contributed by atoms with Crippen molar-refractivity contribution in [3.05, 3.63) is 37.9 Å². The fraction of sp³-hybridized carbons (Fsp3) is 0.125. The van der Waals surface area contributed by atoms with Crippen molar-refractivity contribution in [2.24, 2.45) is 0 Å². The van der Waals surface area contributed by atoms with Crippen molar-refractivity contribution in [3.8, 4) is 0 Å². The van der Waals surface area contributed by atoms with Crippen molar-refractivity contribution in [2.45, 2.75) is 3.74 Å². The molecule has 0 radical (unpaired) electrons. The van der Waals surface area contributed by atoms with Gasteiger partial charge in [0, 0.05) is 6.07 Å². The Bertz CT molecular complexity index is 465. The Morgan fingerprint density at radius 2 is 1.81 bits per heavy atom. The van der Waals surface area contributed by atoms with Crippen LogP contribution in [0.2, 0.25) is 10.0 Å². The van der Waals surface area contributed by atoms with E-state index in [9.17, 15) is 14.9 Å². The number of nitro benzene ring substituents is 1. The summed E-state index contributed by atoms with van der Waals surface area (Å²) in [6, 6.07) is 2.24. The Morgan fingerprint density at radius 3 is 2.25 bits per heavy atom. The SMILES string of the molecule is O=C(c1cc(Cl)c(Cl)cc1[N+](=O)[O-])C(Br)Br. The average Bonchev–Trinajstić information content (AvgIpc) is 2.19. The number of Topliss-reactive ketones (excluding diaryl/α,β-unsaturated/α-hetero) is 1. The Labute approximate surface area is 117 Å². The van der Waals surface area contributed by atoms with Gasteiger partial charge in [0.2, 0.25) is 0 Å². The van der Waals surface area contributed by atoms with E-state index < -0.39 is 14.4 Å². The number of halogens is 4. The molecule has 1 aromatic rings. The third-order valence-corrected chi connectivity index (χ3v) is 3.25. The lowest BCUT2D eigenvalue weighted by molar-refractivity contribution is -0.385. The summed E-state index contributed by atoms with van der Waals surface area (Å²) < 4.78 is -0.712. The van der Waals surface area contributed by atoms with E-state index in [4.69, 9.17) is 23.2 Å². The molecule has 1 aromatic carbocycles. The highest BCUT2D eigenvalue weighted by molar-refractivity contribution is 9.25. The smallest absolute Gasteiger partial charge is 0.281 e. The molecule has 0 spiro atoms. The van der Waals surface area contributed by atoms with E-state index in [1.54, 1.807) is 0 Å². The highest BCUT2D eigenvalue weighted by atomic mass is 79.9. The van der Waals surface area contributed by atoms with E-state index in [0.717, 1.165) is 6.07 Å². The van der Waals surface area contributed by atoms with Crippen LogP contribution in [0.4, 0.5) is 5.69 Å². The largest absolute Gasteiger partial charge is 0.292 e. The standard InChI is InChI=1S/C8H3Br2Cl2NO3/c9-8(10)7(14)3-1-4(11)5(12)2-6(3)13(15)16/h1-2,8H. The van der Waals surface area contributed by atoms with Crippen molar-refractivity contribution in [3.63, 3.8) is 0 Å². The molecule has 0 atom stereocenters. The number of alkyl halides is 2. The van der Waals surface area contributed by atoms with Gasteiger partial charge in [-0.1, -0.05) is 55.1 Å². The topological polar surface area (TPSA) is 60.2 Å². The Kier molecular flexibility index (Phi) is 4.73. The van der Waals surface area contributed by atoms with Crippen LogP contribution in [-0.4, -0.2) is 14.4 Å². The monoisotopic (exact) mass is 389 g/mol. The molecule has 16 heavy (non-hydrogen) atoms. The van der Waals surface area contributed by atoms with Crippen molar-refractivity contribution in [1.82, 2.24) is 0 Å². The summed E-state index contributed by atoms with van der Waals surface area (Å²) in [7, 11) is 0. The van der Waals surface area contributed by atoms with Gasteiger partial charge in [0.05, 0.1) is 20.5 Å². The number of rotatable bonds is 3. The molecule has 0 heterocycles. The van der Waals surface area contributed by atoms with Gasteiger partial charge < -0.3 is 0 Å². The number of nitrogens with zero attached hydrogens (tertiary/aromatic N) is 1. The number of carbonyl (C=O) groups excluding carboxylic acids is 1. The predicted octanol–water partition coefficient (Wildman–Crippen LogP) is 4.20. The lowest BCUT2D eigenvalue weighted by Crippen LogP contribution is -2.10. The first-order valence-electron chi connectivity index (χ1n) is 3.80. The summed E-state index contributed by atoms with van der Waals surface area (Å²) >= 11 is 17.3. The van der Waals surface area contributed by atoms with Crippen molar-refractivity contribution in [2.75, 3.05) is 0 Å². The molecule has 0 aliphatic carbocycles. The van der Waals surface area contributed by atoms with Gasteiger partial charge in [0.25, 0.3) is 5.69 Å². The molecule has 86 valence electrons. The van der Waals surface area contributed by atoms with Crippen LogP contribution in [0.1, 0.15) is 10.4 Å². The molecule has 0 saturated heterocycles. The molecule has 0 fully saturated rings. The van der Waals surface area contributed by atoms with Crippen LogP contribution in [0.3, 0.4) is 0 Å². The van der Waals surface area contributed by atoms with Crippen LogP contribution >= 0.6 is 55.1 Å². The third-order valence-electron chi connectivity index (χ3n) is 1.70. The Morgan fingerprint density at radius 1 is 1.31 bits per heavy atom. The number of nitro groups is 1. The van der Waals surface area contributed by atoms with Gasteiger partial charge in [-0.2, -0.15) is 0 Å². The molecule has 0 unspecified atom stereocenters. The minimum absolute atomic E-state index is 0.0330.